The van der Waals surface area contributed by atoms with Crippen LogP contribution >= 0.6 is 31.9 Å². The molecule has 0 aliphatic carbocycles. The summed E-state index contributed by atoms with van der Waals surface area (Å²) in [6.07, 6.45) is -0.775. The van der Waals surface area contributed by atoms with E-state index in [1.807, 2.05) is 0 Å². The smallest absolute Gasteiger partial charge is 0.176 e. The monoisotopic (exact) mass is 602 g/mol. The zero-order valence-corrected chi connectivity index (χ0v) is 22.9. The van der Waals surface area contributed by atoms with Gasteiger partial charge in [0.15, 0.2) is 5.78 Å². The maximum absolute atomic E-state index is 14.0. The van der Waals surface area contributed by atoms with E-state index in [-0.39, 0.29) is 69.4 Å². The Morgan fingerprint density at radius 1 is 0.824 bits per heavy atom. The number of hydrogen-bond donors (Lipinski definition) is 1. The van der Waals surface area contributed by atoms with Crippen molar-refractivity contribution in [1.29, 1.82) is 0 Å². The largest absolute Gasteiger partial charge is 0.387 e. The summed E-state index contributed by atoms with van der Waals surface area (Å²) in [5, 5.41) is 9.95. The molecule has 0 saturated carbocycles. The van der Waals surface area contributed by atoms with E-state index in [0.29, 0.717) is 5.56 Å². The summed E-state index contributed by atoms with van der Waals surface area (Å²) in [5.74, 6) is -1.66. The fraction of sp³-hybridized carbons (Fsp3) is 0.423. The van der Waals surface area contributed by atoms with Gasteiger partial charge in [0.25, 0.3) is 0 Å². The minimum Gasteiger partial charge on any atom is -0.387 e. The third kappa shape index (κ3) is 8.78. The highest BCUT2D eigenvalue weighted by Crippen LogP contribution is 2.22. The van der Waals surface area contributed by atoms with Gasteiger partial charge < -0.3 is 5.11 Å². The summed E-state index contributed by atoms with van der Waals surface area (Å²) in [6, 6.07) is 9.35. The fourth-order valence-electron chi connectivity index (χ4n) is 2.86. The minimum absolute atomic E-state index is 0.00520. The fourth-order valence-corrected chi connectivity index (χ4v) is 3.51. The van der Waals surface area contributed by atoms with Crippen LogP contribution in [0.1, 0.15) is 60.8 Å². The Balaban J connectivity index is 0.000000340. The molecule has 2 aromatic carbocycles. The van der Waals surface area contributed by atoms with Gasteiger partial charge in [-0.3, -0.25) is 14.4 Å². The van der Waals surface area contributed by atoms with Crippen molar-refractivity contribution in [3.8, 4) is 0 Å². The maximum atomic E-state index is 14.0. The number of alkyl halides is 2. The minimum atomic E-state index is -0.885. The Morgan fingerprint density at radius 2 is 1.29 bits per heavy atom. The van der Waals surface area contributed by atoms with Gasteiger partial charge in [0.1, 0.15) is 23.2 Å². The third-order valence-electron chi connectivity index (χ3n) is 5.13. The summed E-state index contributed by atoms with van der Waals surface area (Å²) in [5.41, 5.74) is 0.906. The molecular weight excluding hydrogens is 574 g/mol. The number of rotatable bonds is 10. The number of aliphatic hydroxyl groups is 1. The van der Waals surface area contributed by atoms with Crippen molar-refractivity contribution >= 4 is 49.2 Å². The van der Waals surface area contributed by atoms with Crippen LogP contribution in [0.2, 0.25) is 0 Å². The van der Waals surface area contributed by atoms with E-state index in [1.165, 1.54) is 12.1 Å². The van der Waals surface area contributed by atoms with Crippen LogP contribution in [0.3, 0.4) is 0 Å². The molecule has 2 aromatic rings. The lowest BCUT2D eigenvalue weighted by Crippen LogP contribution is -2.13. The number of benzene rings is 2. The molecule has 186 valence electrons. The molecule has 4 nitrogen and oxygen atoms in total. The van der Waals surface area contributed by atoms with Crippen LogP contribution in [-0.2, 0) is 22.4 Å². The molecular formula is C26H30Br2F2O4. The molecule has 0 aromatic heterocycles. The molecule has 0 bridgehead atoms. The summed E-state index contributed by atoms with van der Waals surface area (Å²) in [7, 11) is 0. The van der Waals surface area contributed by atoms with Crippen molar-refractivity contribution in [2.75, 3.05) is 10.7 Å². The first-order valence-corrected chi connectivity index (χ1v) is 13.1. The van der Waals surface area contributed by atoms with Crippen LogP contribution in [0, 0.1) is 23.5 Å². The average Bonchev–Trinajstić information content (AvgIpc) is 2.80. The standard InChI is InChI=1S/C13H16BrFO2.C13H14BrFO2/c2*1-8(2)11(16)6-9-4-3-5-10(13(9)15)12(17)7-14/h3-5,8,12,17H,6-7H2,1-2H3;3-5,8H,6-7H2,1-2H3/t12-;/m0./s1. The molecule has 8 heteroatoms. The van der Waals surface area contributed by atoms with Gasteiger partial charge in [0, 0.05) is 35.6 Å². The number of carbonyl (C=O) groups excluding carboxylic acids is 3. The Hall–Kier alpha value is -1.77. The van der Waals surface area contributed by atoms with Crippen LogP contribution in [0.4, 0.5) is 8.78 Å². The number of carbonyl (C=O) groups is 3. The Labute approximate surface area is 216 Å². The lowest BCUT2D eigenvalue weighted by Gasteiger charge is -2.12. The summed E-state index contributed by atoms with van der Waals surface area (Å²) in [4.78, 5) is 34.6. The van der Waals surface area contributed by atoms with Crippen molar-refractivity contribution < 1.29 is 28.3 Å². The molecule has 1 N–H and O–H groups in total. The number of hydrogen-bond acceptors (Lipinski definition) is 4. The van der Waals surface area contributed by atoms with E-state index in [0.717, 1.165) is 0 Å². The first kappa shape index (κ1) is 30.3. The van der Waals surface area contributed by atoms with E-state index < -0.39 is 17.7 Å². The van der Waals surface area contributed by atoms with Gasteiger partial charge in [0.05, 0.1) is 17.0 Å². The molecule has 0 fully saturated rings. The van der Waals surface area contributed by atoms with Gasteiger partial charge in [-0.15, -0.1) is 0 Å². The van der Waals surface area contributed by atoms with Gasteiger partial charge >= 0.3 is 0 Å². The Morgan fingerprint density at radius 3 is 1.74 bits per heavy atom. The second-order valence-electron chi connectivity index (χ2n) is 8.42. The quantitative estimate of drug-likeness (QED) is 0.260. The van der Waals surface area contributed by atoms with Gasteiger partial charge in [-0.2, -0.15) is 0 Å². The molecule has 2 rings (SSSR count). The number of ketones is 3. The topological polar surface area (TPSA) is 71.4 Å². The maximum Gasteiger partial charge on any atom is 0.176 e. The second kappa shape index (κ2) is 14.6. The zero-order chi connectivity index (χ0) is 26.0. The van der Waals surface area contributed by atoms with Crippen LogP contribution in [-0.4, -0.2) is 33.1 Å². The van der Waals surface area contributed by atoms with Crippen molar-refractivity contribution in [2.45, 2.75) is 46.6 Å². The highest BCUT2D eigenvalue weighted by atomic mass is 79.9. The summed E-state index contributed by atoms with van der Waals surface area (Å²) in [6.45, 7) is 7.12. The van der Waals surface area contributed by atoms with Crippen LogP contribution in [0.25, 0.3) is 0 Å². The molecule has 34 heavy (non-hydrogen) atoms. The highest BCUT2D eigenvalue weighted by molar-refractivity contribution is 9.09. The number of halogens is 4. The van der Waals surface area contributed by atoms with Crippen LogP contribution < -0.4 is 0 Å². The van der Waals surface area contributed by atoms with E-state index in [1.54, 1.807) is 52.0 Å². The lowest BCUT2D eigenvalue weighted by molar-refractivity contribution is -0.122. The van der Waals surface area contributed by atoms with Gasteiger partial charge in [-0.05, 0) is 17.2 Å². The predicted octanol–water partition coefficient (Wildman–Crippen LogP) is 6.19. The van der Waals surface area contributed by atoms with E-state index in [9.17, 15) is 28.3 Å². The SMILES string of the molecule is CC(C)C(=O)Cc1cccc(C(=O)CBr)c1F.CC(C)C(=O)Cc1cccc([C@@H](O)CBr)c1F. The van der Waals surface area contributed by atoms with E-state index >= 15 is 0 Å². The molecule has 0 radical (unpaired) electrons. The molecule has 1 atom stereocenters. The number of aliphatic hydroxyl groups excluding tert-OH is 1. The first-order valence-electron chi connectivity index (χ1n) is 10.9. The zero-order valence-electron chi connectivity index (χ0n) is 19.7. The van der Waals surface area contributed by atoms with Crippen molar-refractivity contribution in [2.24, 2.45) is 11.8 Å². The van der Waals surface area contributed by atoms with Crippen molar-refractivity contribution in [1.82, 2.24) is 0 Å². The molecule has 0 aliphatic rings. The Bertz CT molecular complexity index is 1010. The van der Waals surface area contributed by atoms with Gasteiger partial charge in [0.2, 0.25) is 0 Å². The third-order valence-corrected chi connectivity index (χ3v) is 6.25. The van der Waals surface area contributed by atoms with Crippen molar-refractivity contribution in [3.05, 3.63) is 70.3 Å². The molecule has 0 spiro atoms. The molecule has 0 unspecified atom stereocenters. The number of Topliss-reactive ketones (excluding diaryl/α,β-unsaturated/α-hetero) is 3. The lowest BCUT2D eigenvalue weighted by atomic mass is 9.98. The van der Waals surface area contributed by atoms with E-state index in [2.05, 4.69) is 31.9 Å². The van der Waals surface area contributed by atoms with Gasteiger partial charge in [-0.1, -0.05) is 89.9 Å². The van der Waals surface area contributed by atoms with Crippen molar-refractivity contribution in [3.63, 3.8) is 0 Å². The highest BCUT2D eigenvalue weighted by Gasteiger charge is 2.18. The average molecular weight is 604 g/mol. The summed E-state index contributed by atoms with van der Waals surface area (Å²) < 4.78 is 27.9. The molecule has 0 aliphatic heterocycles. The second-order valence-corrected chi connectivity index (χ2v) is 9.63. The summed E-state index contributed by atoms with van der Waals surface area (Å²) >= 11 is 6.10. The predicted molar refractivity (Wildman–Crippen MR) is 137 cm³/mol. The molecule has 0 saturated heterocycles. The van der Waals surface area contributed by atoms with E-state index in [4.69, 9.17) is 0 Å². The van der Waals surface area contributed by atoms with Gasteiger partial charge in [-0.25, -0.2) is 8.78 Å². The first-order chi connectivity index (χ1) is 15.9. The Kier molecular flexibility index (Phi) is 13.0. The van der Waals surface area contributed by atoms with Crippen LogP contribution in [0.5, 0.6) is 0 Å². The molecule has 0 amide bonds. The molecule has 0 heterocycles. The van der Waals surface area contributed by atoms with Crippen LogP contribution in [0.15, 0.2) is 36.4 Å². The normalized spacial score (nSPS) is 11.7.